The van der Waals surface area contributed by atoms with Gasteiger partial charge in [0.2, 0.25) is 0 Å². The van der Waals surface area contributed by atoms with Gasteiger partial charge in [-0.2, -0.15) is 0 Å². The van der Waals surface area contributed by atoms with Crippen LogP contribution < -0.4 is 4.74 Å². The maximum Gasteiger partial charge on any atom is 0.269 e. The Kier molecular flexibility index (Phi) is 3.80. The lowest BCUT2D eigenvalue weighted by atomic mass is 10.1. The Balaban J connectivity index is 1.79. The van der Waals surface area contributed by atoms with Crippen molar-refractivity contribution in [3.8, 4) is 5.75 Å². The van der Waals surface area contributed by atoms with E-state index in [9.17, 15) is 10.1 Å². The van der Waals surface area contributed by atoms with Crippen LogP contribution in [0.4, 0.5) is 5.69 Å². The van der Waals surface area contributed by atoms with E-state index in [0.29, 0.717) is 16.7 Å². The standard InChI is InChI=1S/C16H14ClNO3/c17-13-5-3-12(4-6-13)16(11-1-2-11)21-15-9-7-14(8-10-15)18(19)20/h3-11,16H,1-2H2. The SMILES string of the molecule is O=[N+]([O-])c1ccc(OC(c2ccc(Cl)cc2)C2CC2)cc1. The van der Waals surface area contributed by atoms with Gasteiger partial charge in [-0.05, 0) is 42.7 Å². The lowest BCUT2D eigenvalue weighted by molar-refractivity contribution is -0.384. The van der Waals surface area contributed by atoms with Gasteiger partial charge in [0.15, 0.2) is 0 Å². The first-order valence-electron chi connectivity index (χ1n) is 6.80. The van der Waals surface area contributed by atoms with Crippen LogP contribution in [0.1, 0.15) is 24.5 Å². The van der Waals surface area contributed by atoms with E-state index >= 15 is 0 Å². The van der Waals surface area contributed by atoms with Gasteiger partial charge in [-0.1, -0.05) is 23.7 Å². The number of ether oxygens (including phenoxy) is 1. The Labute approximate surface area is 127 Å². The van der Waals surface area contributed by atoms with Crippen LogP contribution in [-0.2, 0) is 0 Å². The molecule has 4 nitrogen and oxygen atoms in total. The molecule has 1 atom stereocenters. The summed E-state index contributed by atoms with van der Waals surface area (Å²) >= 11 is 5.91. The molecule has 108 valence electrons. The summed E-state index contributed by atoms with van der Waals surface area (Å²) in [5, 5.41) is 11.4. The minimum Gasteiger partial charge on any atom is -0.485 e. The fourth-order valence-electron chi connectivity index (χ4n) is 2.28. The predicted octanol–water partition coefficient (Wildman–Crippen LogP) is 4.78. The summed E-state index contributed by atoms with van der Waals surface area (Å²) in [6.07, 6.45) is 2.25. The highest BCUT2D eigenvalue weighted by Crippen LogP contribution is 2.43. The highest BCUT2D eigenvalue weighted by molar-refractivity contribution is 6.30. The van der Waals surface area contributed by atoms with Crippen LogP contribution in [0.25, 0.3) is 0 Å². The van der Waals surface area contributed by atoms with E-state index in [1.54, 1.807) is 12.1 Å². The van der Waals surface area contributed by atoms with Gasteiger partial charge in [0.25, 0.3) is 5.69 Å². The largest absolute Gasteiger partial charge is 0.485 e. The van der Waals surface area contributed by atoms with Gasteiger partial charge in [0.05, 0.1) is 4.92 Å². The molecule has 0 saturated heterocycles. The minimum absolute atomic E-state index is 0.0243. The third-order valence-electron chi connectivity index (χ3n) is 3.56. The predicted molar refractivity (Wildman–Crippen MR) is 80.6 cm³/mol. The smallest absolute Gasteiger partial charge is 0.269 e. The molecule has 0 bridgehead atoms. The average Bonchev–Trinajstić information content (AvgIpc) is 3.31. The number of nitrogens with zero attached hydrogens (tertiary/aromatic N) is 1. The van der Waals surface area contributed by atoms with E-state index in [1.165, 1.54) is 12.1 Å². The van der Waals surface area contributed by atoms with Crippen molar-refractivity contribution in [1.29, 1.82) is 0 Å². The van der Waals surface area contributed by atoms with Crippen molar-refractivity contribution < 1.29 is 9.66 Å². The van der Waals surface area contributed by atoms with Crippen molar-refractivity contribution in [3.05, 3.63) is 69.2 Å². The Morgan fingerprint density at radius 3 is 2.24 bits per heavy atom. The molecule has 2 aromatic carbocycles. The van der Waals surface area contributed by atoms with Crippen LogP contribution in [0.5, 0.6) is 5.75 Å². The Morgan fingerprint density at radius 2 is 1.71 bits per heavy atom. The number of hydrogen-bond donors (Lipinski definition) is 0. The number of benzene rings is 2. The highest BCUT2D eigenvalue weighted by atomic mass is 35.5. The number of non-ortho nitro benzene ring substituents is 1. The molecule has 0 aliphatic heterocycles. The van der Waals surface area contributed by atoms with Crippen molar-refractivity contribution >= 4 is 17.3 Å². The molecule has 5 heteroatoms. The topological polar surface area (TPSA) is 52.4 Å². The fraction of sp³-hybridized carbons (Fsp3) is 0.250. The average molecular weight is 304 g/mol. The monoisotopic (exact) mass is 303 g/mol. The quantitative estimate of drug-likeness (QED) is 0.590. The van der Waals surface area contributed by atoms with E-state index in [2.05, 4.69) is 0 Å². The molecule has 0 radical (unpaired) electrons. The van der Waals surface area contributed by atoms with Crippen LogP contribution in [-0.4, -0.2) is 4.92 Å². The summed E-state index contributed by atoms with van der Waals surface area (Å²) in [6.45, 7) is 0. The normalized spacial score (nSPS) is 15.5. The lowest BCUT2D eigenvalue weighted by Crippen LogP contribution is -2.09. The Hall–Kier alpha value is -2.07. The van der Waals surface area contributed by atoms with Gasteiger partial charge >= 0.3 is 0 Å². The zero-order chi connectivity index (χ0) is 14.8. The summed E-state index contributed by atoms with van der Waals surface area (Å²) in [5.74, 6) is 1.15. The molecule has 1 saturated carbocycles. The maximum absolute atomic E-state index is 10.7. The molecule has 1 unspecified atom stereocenters. The molecule has 3 rings (SSSR count). The zero-order valence-corrected chi connectivity index (χ0v) is 12.0. The first-order valence-corrected chi connectivity index (χ1v) is 7.18. The second-order valence-corrected chi connectivity index (χ2v) is 5.61. The second-order valence-electron chi connectivity index (χ2n) is 5.18. The van der Waals surface area contributed by atoms with Gasteiger partial charge in [0.1, 0.15) is 11.9 Å². The van der Waals surface area contributed by atoms with Gasteiger partial charge < -0.3 is 4.74 Å². The number of nitro groups is 1. The summed E-state index contributed by atoms with van der Waals surface area (Å²) in [4.78, 5) is 10.2. The molecule has 1 fully saturated rings. The molecule has 0 N–H and O–H groups in total. The number of halogens is 1. The summed E-state index contributed by atoms with van der Waals surface area (Å²) < 4.78 is 6.03. The Morgan fingerprint density at radius 1 is 1.10 bits per heavy atom. The maximum atomic E-state index is 10.7. The van der Waals surface area contributed by atoms with E-state index < -0.39 is 4.92 Å². The van der Waals surface area contributed by atoms with Crippen molar-refractivity contribution in [2.45, 2.75) is 18.9 Å². The molecule has 21 heavy (non-hydrogen) atoms. The van der Waals surface area contributed by atoms with Crippen LogP contribution in [0.15, 0.2) is 48.5 Å². The van der Waals surface area contributed by atoms with Crippen molar-refractivity contribution in [1.82, 2.24) is 0 Å². The van der Waals surface area contributed by atoms with Gasteiger partial charge in [-0.25, -0.2) is 0 Å². The van der Waals surface area contributed by atoms with Crippen LogP contribution >= 0.6 is 11.6 Å². The van der Waals surface area contributed by atoms with Crippen LogP contribution in [0, 0.1) is 16.0 Å². The third-order valence-corrected chi connectivity index (χ3v) is 3.81. The minimum atomic E-state index is -0.415. The van der Waals surface area contributed by atoms with Crippen LogP contribution in [0.3, 0.4) is 0 Å². The molecule has 0 heterocycles. The lowest BCUT2D eigenvalue weighted by Gasteiger charge is -2.19. The zero-order valence-electron chi connectivity index (χ0n) is 11.2. The summed E-state index contributed by atoms with van der Waals surface area (Å²) in [7, 11) is 0. The first-order chi connectivity index (χ1) is 10.1. The van der Waals surface area contributed by atoms with E-state index in [1.807, 2.05) is 24.3 Å². The molecular weight excluding hydrogens is 290 g/mol. The number of rotatable bonds is 5. The van der Waals surface area contributed by atoms with Gasteiger partial charge in [-0.3, -0.25) is 10.1 Å². The summed E-state index contributed by atoms with van der Waals surface area (Å²) in [6, 6.07) is 13.8. The fourth-order valence-corrected chi connectivity index (χ4v) is 2.41. The molecule has 1 aliphatic carbocycles. The molecule has 1 aliphatic rings. The van der Waals surface area contributed by atoms with Crippen molar-refractivity contribution in [2.24, 2.45) is 5.92 Å². The van der Waals surface area contributed by atoms with Crippen LogP contribution in [0.2, 0.25) is 5.02 Å². The van der Waals surface area contributed by atoms with Gasteiger partial charge in [0, 0.05) is 23.1 Å². The molecule has 2 aromatic rings. The number of nitro benzene ring substituents is 1. The van der Waals surface area contributed by atoms with Gasteiger partial charge in [-0.15, -0.1) is 0 Å². The van der Waals surface area contributed by atoms with E-state index in [-0.39, 0.29) is 11.8 Å². The molecule has 0 amide bonds. The number of hydrogen-bond acceptors (Lipinski definition) is 3. The molecule has 0 aromatic heterocycles. The Bertz CT molecular complexity index is 636. The van der Waals surface area contributed by atoms with Crippen molar-refractivity contribution in [3.63, 3.8) is 0 Å². The highest BCUT2D eigenvalue weighted by Gasteiger charge is 2.34. The van der Waals surface area contributed by atoms with Crippen molar-refractivity contribution in [2.75, 3.05) is 0 Å². The molecule has 0 spiro atoms. The van der Waals surface area contributed by atoms with E-state index in [0.717, 1.165) is 18.4 Å². The summed E-state index contributed by atoms with van der Waals surface area (Å²) in [5.41, 5.74) is 1.15. The third kappa shape index (κ3) is 3.34. The second kappa shape index (κ2) is 5.74. The van der Waals surface area contributed by atoms with E-state index in [4.69, 9.17) is 16.3 Å². The molecular formula is C16H14ClNO3. The first kappa shape index (κ1) is 13.9.